The largest absolute Gasteiger partial charge is 0.341 e. The van der Waals surface area contributed by atoms with Gasteiger partial charge in [-0.05, 0) is 37.8 Å². The van der Waals surface area contributed by atoms with Crippen LogP contribution >= 0.6 is 11.3 Å². The van der Waals surface area contributed by atoms with Crippen molar-refractivity contribution in [1.29, 1.82) is 0 Å². The Morgan fingerprint density at radius 2 is 2.10 bits per heavy atom. The molecule has 0 atom stereocenters. The van der Waals surface area contributed by atoms with Crippen LogP contribution < -0.4 is 15.8 Å². The van der Waals surface area contributed by atoms with Gasteiger partial charge in [0.1, 0.15) is 4.83 Å². The maximum absolute atomic E-state index is 12.4. The molecule has 0 radical (unpaired) electrons. The van der Waals surface area contributed by atoms with Gasteiger partial charge in [-0.1, -0.05) is 0 Å². The number of aryl methyl sites for hydroxylation is 2. The zero-order valence-corrected chi connectivity index (χ0v) is 12.2. The molecule has 2 aromatic rings. The first-order valence-corrected chi connectivity index (χ1v) is 8.15. The van der Waals surface area contributed by atoms with Crippen molar-refractivity contribution in [2.45, 2.75) is 25.7 Å². The van der Waals surface area contributed by atoms with E-state index in [1.54, 1.807) is 11.3 Å². The number of aromatic nitrogens is 2. The molecule has 1 aliphatic heterocycles. The highest BCUT2D eigenvalue weighted by molar-refractivity contribution is 7.18. The van der Waals surface area contributed by atoms with Gasteiger partial charge >= 0.3 is 0 Å². The minimum absolute atomic E-state index is 0.0432. The highest BCUT2D eigenvalue weighted by Gasteiger charge is 2.22. The predicted octanol–water partition coefficient (Wildman–Crippen LogP) is 1.27. The van der Waals surface area contributed by atoms with Crippen LogP contribution in [0.15, 0.2) is 4.79 Å². The van der Waals surface area contributed by atoms with E-state index in [0.29, 0.717) is 0 Å². The lowest BCUT2D eigenvalue weighted by molar-refractivity contribution is 0.724. The molecule has 0 amide bonds. The quantitative estimate of drug-likeness (QED) is 0.830. The van der Waals surface area contributed by atoms with Crippen LogP contribution in [0.2, 0.25) is 0 Å². The molecule has 5 nitrogen and oxygen atoms in total. The Kier molecular flexibility index (Phi) is 3.00. The number of H-pyrrole nitrogens is 1. The third-order valence-electron chi connectivity index (χ3n) is 4.20. The Hall–Kier alpha value is -1.40. The van der Waals surface area contributed by atoms with E-state index in [0.717, 1.165) is 61.6 Å². The molecule has 1 saturated heterocycles. The molecule has 0 spiro atoms. The van der Waals surface area contributed by atoms with Crippen molar-refractivity contribution < 1.29 is 0 Å². The van der Waals surface area contributed by atoms with Crippen molar-refractivity contribution in [2.24, 2.45) is 0 Å². The lowest BCUT2D eigenvalue weighted by atomic mass is 10.2. The molecule has 1 fully saturated rings. The number of hydrogen-bond donors (Lipinski definition) is 2. The predicted molar refractivity (Wildman–Crippen MR) is 82.0 cm³/mol. The first kappa shape index (κ1) is 12.3. The van der Waals surface area contributed by atoms with Gasteiger partial charge in [0.05, 0.1) is 5.39 Å². The summed E-state index contributed by atoms with van der Waals surface area (Å²) in [5.74, 6) is 0.742. The number of nitrogens with one attached hydrogen (secondary N) is 2. The number of nitrogens with zero attached hydrogens (tertiary/aromatic N) is 2. The summed E-state index contributed by atoms with van der Waals surface area (Å²) < 4.78 is 0. The topological polar surface area (TPSA) is 61.0 Å². The van der Waals surface area contributed by atoms with E-state index in [1.165, 1.54) is 16.9 Å². The highest BCUT2D eigenvalue weighted by Crippen LogP contribution is 2.34. The van der Waals surface area contributed by atoms with E-state index in [1.807, 2.05) is 0 Å². The molecular formula is C14H18N4OS. The maximum Gasteiger partial charge on any atom is 0.261 e. The van der Waals surface area contributed by atoms with Crippen LogP contribution in [-0.2, 0) is 12.8 Å². The monoisotopic (exact) mass is 290 g/mol. The Labute approximate surface area is 121 Å². The van der Waals surface area contributed by atoms with Crippen LogP contribution in [-0.4, -0.2) is 36.1 Å². The van der Waals surface area contributed by atoms with Crippen LogP contribution in [0.3, 0.4) is 0 Å². The second kappa shape index (κ2) is 4.86. The van der Waals surface area contributed by atoms with E-state index < -0.39 is 0 Å². The molecule has 1 aliphatic carbocycles. The Bertz CT molecular complexity index is 697. The average molecular weight is 290 g/mol. The molecule has 2 aromatic heterocycles. The Morgan fingerprint density at radius 3 is 3.05 bits per heavy atom. The molecule has 0 bridgehead atoms. The number of anilines is 1. The van der Waals surface area contributed by atoms with Crippen molar-refractivity contribution in [3.05, 3.63) is 20.8 Å². The second-order valence-corrected chi connectivity index (χ2v) is 6.60. The average Bonchev–Trinajstić information content (AvgIpc) is 2.89. The summed E-state index contributed by atoms with van der Waals surface area (Å²) >= 11 is 1.71. The minimum Gasteiger partial charge on any atom is -0.341 e. The standard InChI is InChI=1S/C14H18N4OS/c19-12-11-9-3-1-4-10(9)20-13(11)17-14(16-12)18-7-2-5-15-6-8-18/h15H,1-8H2,(H,16,17,19). The van der Waals surface area contributed by atoms with Gasteiger partial charge in [-0.25, -0.2) is 4.98 Å². The zero-order valence-electron chi connectivity index (χ0n) is 11.4. The van der Waals surface area contributed by atoms with Crippen molar-refractivity contribution in [3.8, 4) is 0 Å². The SMILES string of the molecule is O=c1[nH]c(N2CCCNCC2)nc2sc3c(c12)CCC3. The fourth-order valence-corrected chi connectivity index (χ4v) is 4.46. The van der Waals surface area contributed by atoms with Crippen molar-refractivity contribution in [2.75, 3.05) is 31.1 Å². The van der Waals surface area contributed by atoms with Crippen molar-refractivity contribution in [3.63, 3.8) is 0 Å². The first-order chi connectivity index (χ1) is 9.83. The van der Waals surface area contributed by atoms with E-state index >= 15 is 0 Å². The van der Waals surface area contributed by atoms with Gasteiger partial charge in [0.2, 0.25) is 5.95 Å². The molecule has 0 saturated carbocycles. The molecule has 20 heavy (non-hydrogen) atoms. The van der Waals surface area contributed by atoms with E-state index in [2.05, 4.69) is 15.2 Å². The summed E-state index contributed by atoms with van der Waals surface area (Å²) in [4.78, 5) is 24.6. The van der Waals surface area contributed by atoms with Crippen LogP contribution in [0.25, 0.3) is 10.2 Å². The van der Waals surface area contributed by atoms with E-state index in [9.17, 15) is 4.79 Å². The van der Waals surface area contributed by atoms with Crippen LogP contribution in [0.4, 0.5) is 5.95 Å². The minimum atomic E-state index is 0.0432. The third-order valence-corrected chi connectivity index (χ3v) is 5.39. The van der Waals surface area contributed by atoms with Gasteiger partial charge < -0.3 is 10.2 Å². The number of fused-ring (bicyclic) bond motifs is 3. The Morgan fingerprint density at radius 1 is 1.15 bits per heavy atom. The number of hydrogen-bond acceptors (Lipinski definition) is 5. The van der Waals surface area contributed by atoms with Gasteiger partial charge in [0.15, 0.2) is 0 Å². The molecular weight excluding hydrogens is 272 g/mol. The van der Waals surface area contributed by atoms with Gasteiger partial charge in [-0.2, -0.15) is 0 Å². The smallest absolute Gasteiger partial charge is 0.261 e. The highest BCUT2D eigenvalue weighted by atomic mass is 32.1. The summed E-state index contributed by atoms with van der Waals surface area (Å²) in [6, 6.07) is 0. The molecule has 106 valence electrons. The number of aromatic amines is 1. The molecule has 2 aliphatic rings. The number of rotatable bonds is 1. The van der Waals surface area contributed by atoms with Crippen LogP contribution in [0.1, 0.15) is 23.3 Å². The summed E-state index contributed by atoms with van der Waals surface area (Å²) in [7, 11) is 0. The summed E-state index contributed by atoms with van der Waals surface area (Å²) in [6.45, 7) is 3.84. The zero-order chi connectivity index (χ0) is 13.5. The lowest BCUT2D eigenvalue weighted by Crippen LogP contribution is -2.31. The molecule has 4 rings (SSSR count). The van der Waals surface area contributed by atoms with Gasteiger partial charge in [-0.15, -0.1) is 11.3 Å². The molecule has 0 unspecified atom stereocenters. The number of thiophene rings is 1. The molecule has 2 N–H and O–H groups in total. The van der Waals surface area contributed by atoms with Crippen molar-refractivity contribution in [1.82, 2.24) is 15.3 Å². The third kappa shape index (κ3) is 1.94. The summed E-state index contributed by atoms with van der Waals surface area (Å²) in [5, 5.41) is 4.22. The fraction of sp³-hybridized carbons (Fsp3) is 0.571. The normalized spacial score (nSPS) is 19.3. The van der Waals surface area contributed by atoms with Crippen molar-refractivity contribution >= 4 is 27.5 Å². The lowest BCUT2D eigenvalue weighted by Gasteiger charge is -2.20. The summed E-state index contributed by atoms with van der Waals surface area (Å²) in [6.07, 6.45) is 4.41. The second-order valence-electron chi connectivity index (χ2n) is 5.52. The van der Waals surface area contributed by atoms with Crippen LogP contribution in [0, 0.1) is 0 Å². The Balaban J connectivity index is 1.80. The maximum atomic E-state index is 12.4. The summed E-state index contributed by atoms with van der Waals surface area (Å²) in [5.41, 5.74) is 1.30. The molecule has 6 heteroatoms. The van der Waals surface area contributed by atoms with Crippen LogP contribution in [0.5, 0.6) is 0 Å². The van der Waals surface area contributed by atoms with E-state index in [4.69, 9.17) is 4.98 Å². The van der Waals surface area contributed by atoms with Gasteiger partial charge in [-0.3, -0.25) is 9.78 Å². The fourth-order valence-electron chi connectivity index (χ4n) is 3.20. The van der Waals surface area contributed by atoms with E-state index in [-0.39, 0.29) is 5.56 Å². The van der Waals surface area contributed by atoms with Gasteiger partial charge in [0.25, 0.3) is 5.56 Å². The molecule has 3 heterocycles. The first-order valence-electron chi connectivity index (χ1n) is 7.33. The van der Waals surface area contributed by atoms with Gasteiger partial charge in [0, 0.05) is 24.5 Å². The molecule has 0 aromatic carbocycles.